The van der Waals surface area contributed by atoms with Gasteiger partial charge in [-0.25, -0.2) is 26.4 Å². The summed E-state index contributed by atoms with van der Waals surface area (Å²) in [4.78, 5) is 14.4. The molecule has 158 valence electrons. The monoisotopic (exact) mass is 439 g/mol. The minimum Gasteiger partial charge on any atom is -0.307 e. The Balaban J connectivity index is 1.24. The van der Waals surface area contributed by atoms with Crippen molar-refractivity contribution in [3.8, 4) is 0 Å². The fourth-order valence-electron chi connectivity index (χ4n) is 5.03. The molecular formula is C19H25N3O5S2. The average Bonchev–Trinajstić information content (AvgIpc) is 3.19. The van der Waals surface area contributed by atoms with Crippen LogP contribution >= 0.6 is 0 Å². The molecule has 29 heavy (non-hydrogen) atoms. The number of nitrogens with one attached hydrogen (secondary N) is 2. The lowest BCUT2D eigenvalue weighted by Gasteiger charge is -2.46. The lowest BCUT2D eigenvalue weighted by atomic mass is 9.99. The Morgan fingerprint density at radius 3 is 2.14 bits per heavy atom. The fourth-order valence-corrected chi connectivity index (χ4v) is 7.78. The van der Waals surface area contributed by atoms with Crippen LogP contribution < -0.4 is 10.0 Å². The smallest absolute Gasteiger partial charge is 0.307 e. The van der Waals surface area contributed by atoms with E-state index in [4.69, 9.17) is 0 Å². The van der Waals surface area contributed by atoms with Crippen LogP contribution in [0.4, 0.5) is 10.5 Å². The van der Waals surface area contributed by atoms with Gasteiger partial charge in [-0.2, -0.15) is 0 Å². The minimum atomic E-state index is -3.80. The second-order valence-electron chi connectivity index (χ2n) is 8.64. The highest BCUT2D eigenvalue weighted by molar-refractivity contribution is 7.93. The molecule has 0 unspecified atom stereocenters. The molecule has 0 spiro atoms. The van der Waals surface area contributed by atoms with Crippen LogP contribution in [0.2, 0.25) is 0 Å². The lowest BCUT2D eigenvalue weighted by molar-refractivity contribution is 0.136. The third kappa shape index (κ3) is 3.44. The summed E-state index contributed by atoms with van der Waals surface area (Å²) < 4.78 is 49.9. The third-order valence-electron chi connectivity index (χ3n) is 6.67. The highest BCUT2D eigenvalue weighted by atomic mass is 32.2. The maximum atomic E-state index is 12.6. The minimum absolute atomic E-state index is 0.0882. The summed E-state index contributed by atoms with van der Waals surface area (Å²) in [5.74, 6) is 0.190. The SMILES string of the molecule is O=C(Nc1c2c(cc3c1CCC3)CCC2)NS(=O)(=O)C1CN(C2CS(=O)(=O)C2)C1. The number of likely N-dealkylation sites (tertiary alicyclic amines) is 1. The molecule has 2 aliphatic carbocycles. The third-order valence-corrected chi connectivity index (χ3v) is 10.1. The fraction of sp³-hybridized carbons (Fsp3) is 0.632. The maximum Gasteiger partial charge on any atom is 0.332 e. The first kappa shape index (κ1) is 19.3. The van der Waals surface area contributed by atoms with Crippen molar-refractivity contribution in [3.63, 3.8) is 0 Å². The number of nitrogens with zero attached hydrogens (tertiary/aromatic N) is 1. The predicted octanol–water partition coefficient (Wildman–Crippen LogP) is 0.597. The number of hydrogen-bond acceptors (Lipinski definition) is 6. The van der Waals surface area contributed by atoms with E-state index in [2.05, 4.69) is 16.1 Å². The normalized spacial score (nSPS) is 23.7. The van der Waals surface area contributed by atoms with Crippen molar-refractivity contribution in [2.75, 3.05) is 29.9 Å². The molecular weight excluding hydrogens is 414 g/mol. The van der Waals surface area contributed by atoms with Crippen LogP contribution in [0.15, 0.2) is 6.07 Å². The van der Waals surface area contributed by atoms with Gasteiger partial charge in [0.2, 0.25) is 10.0 Å². The molecule has 0 bridgehead atoms. The van der Waals surface area contributed by atoms with Gasteiger partial charge >= 0.3 is 6.03 Å². The van der Waals surface area contributed by atoms with Gasteiger partial charge in [-0.3, -0.25) is 4.90 Å². The van der Waals surface area contributed by atoms with E-state index in [0.29, 0.717) is 0 Å². The van der Waals surface area contributed by atoms with Crippen LogP contribution in [0.25, 0.3) is 0 Å². The van der Waals surface area contributed by atoms with Gasteiger partial charge in [0.05, 0.1) is 11.5 Å². The summed E-state index contributed by atoms with van der Waals surface area (Å²) >= 11 is 0. The molecule has 0 radical (unpaired) electrons. The van der Waals surface area contributed by atoms with E-state index in [1.807, 2.05) is 4.90 Å². The second kappa shape index (κ2) is 6.68. The summed E-state index contributed by atoms with van der Waals surface area (Å²) in [6.07, 6.45) is 5.95. The van der Waals surface area contributed by atoms with Crippen molar-refractivity contribution in [2.45, 2.75) is 49.8 Å². The Morgan fingerprint density at radius 2 is 1.59 bits per heavy atom. The Morgan fingerprint density at radius 1 is 1.00 bits per heavy atom. The van der Waals surface area contributed by atoms with Crippen LogP contribution in [0.3, 0.4) is 0 Å². The van der Waals surface area contributed by atoms with Crippen molar-refractivity contribution < 1.29 is 21.6 Å². The zero-order chi connectivity index (χ0) is 20.4. The van der Waals surface area contributed by atoms with E-state index in [1.54, 1.807) is 0 Å². The molecule has 10 heteroatoms. The van der Waals surface area contributed by atoms with E-state index in [-0.39, 0.29) is 30.6 Å². The van der Waals surface area contributed by atoms with Gasteiger partial charge < -0.3 is 5.32 Å². The van der Waals surface area contributed by atoms with E-state index in [9.17, 15) is 21.6 Å². The van der Waals surface area contributed by atoms with Crippen molar-refractivity contribution in [2.24, 2.45) is 0 Å². The number of urea groups is 1. The number of aryl methyl sites for hydroxylation is 2. The highest BCUT2D eigenvalue weighted by Crippen LogP contribution is 2.38. The lowest BCUT2D eigenvalue weighted by Crippen LogP contribution is -2.66. The second-order valence-corrected chi connectivity index (χ2v) is 12.8. The van der Waals surface area contributed by atoms with Crippen molar-refractivity contribution >= 4 is 31.6 Å². The number of anilines is 1. The average molecular weight is 440 g/mol. The molecule has 5 rings (SSSR count). The summed E-state index contributed by atoms with van der Waals surface area (Å²) in [6, 6.07) is 1.47. The van der Waals surface area contributed by atoms with Gasteiger partial charge in [-0.15, -0.1) is 0 Å². The molecule has 2 fully saturated rings. The maximum absolute atomic E-state index is 12.6. The molecule has 8 nitrogen and oxygen atoms in total. The van der Waals surface area contributed by atoms with Crippen LogP contribution in [-0.2, 0) is 45.5 Å². The number of amides is 2. The zero-order valence-corrected chi connectivity index (χ0v) is 17.7. The molecule has 1 aromatic carbocycles. The molecule has 2 N–H and O–H groups in total. The summed E-state index contributed by atoms with van der Waals surface area (Å²) in [6.45, 7) is 0.526. The zero-order valence-electron chi connectivity index (χ0n) is 16.1. The molecule has 2 amide bonds. The number of hydrogen-bond donors (Lipinski definition) is 2. The number of sulfone groups is 1. The quantitative estimate of drug-likeness (QED) is 0.710. The van der Waals surface area contributed by atoms with E-state index >= 15 is 0 Å². The van der Waals surface area contributed by atoms with Gasteiger partial charge in [-0.05, 0) is 60.8 Å². The van der Waals surface area contributed by atoms with Crippen molar-refractivity contribution in [1.82, 2.24) is 9.62 Å². The number of benzene rings is 1. The number of rotatable bonds is 4. The largest absolute Gasteiger partial charge is 0.332 e. The molecule has 2 aliphatic heterocycles. The first-order chi connectivity index (χ1) is 13.7. The number of fused-ring (bicyclic) bond motifs is 2. The number of carbonyl (C=O) groups excluding carboxylic acids is 1. The Bertz CT molecular complexity index is 1050. The number of sulfonamides is 1. The van der Waals surface area contributed by atoms with Gasteiger partial charge in [-0.1, -0.05) is 6.07 Å². The topological polar surface area (TPSA) is 113 Å². The summed E-state index contributed by atoms with van der Waals surface area (Å²) in [7, 11) is -6.74. The Hall–Kier alpha value is -1.65. The van der Waals surface area contributed by atoms with Gasteiger partial charge in [0.1, 0.15) is 5.25 Å². The molecule has 0 atom stereocenters. The summed E-state index contributed by atoms with van der Waals surface area (Å²) in [5, 5.41) is 2.16. The number of carbonyl (C=O) groups is 1. The molecule has 1 aromatic rings. The first-order valence-electron chi connectivity index (χ1n) is 10.2. The standard InChI is InChI=1S/C19H25N3O5S2/c23-19(20-18-16-5-1-3-12(16)7-13-4-2-6-17(13)18)21-29(26,27)15-8-22(9-15)14-10-28(24,25)11-14/h7,14-15H,1-6,8-11H2,(H2,20,21,23). The van der Waals surface area contributed by atoms with E-state index in [1.165, 1.54) is 11.1 Å². The van der Waals surface area contributed by atoms with E-state index in [0.717, 1.165) is 55.3 Å². The van der Waals surface area contributed by atoms with Crippen LogP contribution in [0.1, 0.15) is 35.1 Å². The summed E-state index contributed by atoms with van der Waals surface area (Å²) in [5.41, 5.74) is 5.66. The molecule has 2 saturated heterocycles. The van der Waals surface area contributed by atoms with Crippen molar-refractivity contribution in [1.29, 1.82) is 0 Å². The van der Waals surface area contributed by atoms with Crippen LogP contribution in [0.5, 0.6) is 0 Å². The van der Waals surface area contributed by atoms with E-state index < -0.39 is 31.1 Å². The molecule has 2 heterocycles. The highest BCUT2D eigenvalue weighted by Gasteiger charge is 2.47. The van der Waals surface area contributed by atoms with Gasteiger partial charge in [0.15, 0.2) is 9.84 Å². The molecule has 4 aliphatic rings. The predicted molar refractivity (Wildman–Crippen MR) is 109 cm³/mol. The Labute approximate surface area is 171 Å². The Kier molecular flexibility index (Phi) is 4.45. The first-order valence-corrected chi connectivity index (χ1v) is 13.5. The van der Waals surface area contributed by atoms with Crippen LogP contribution in [-0.4, -0.2) is 63.7 Å². The van der Waals surface area contributed by atoms with Crippen molar-refractivity contribution in [3.05, 3.63) is 28.3 Å². The van der Waals surface area contributed by atoms with Gasteiger partial charge in [0.25, 0.3) is 0 Å². The molecule has 0 aromatic heterocycles. The molecule has 0 saturated carbocycles. The van der Waals surface area contributed by atoms with Crippen LogP contribution in [0, 0.1) is 0 Å². The van der Waals surface area contributed by atoms with Gasteiger partial charge in [0, 0.05) is 24.8 Å².